The van der Waals surface area contributed by atoms with E-state index in [4.69, 9.17) is 11.1 Å². The summed E-state index contributed by atoms with van der Waals surface area (Å²) >= 11 is 0. The van der Waals surface area contributed by atoms with Gasteiger partial charge in [0, 0.05) is 0 Å². The van der Waals surface area contributed by atoms with Crippen LogP contribution in [0.4, 0.5) is 10.1 Å². The predicted molar refractivity (Wildman–Crippen MR) is 44.1 cm³/mol. The molecule has 0 saturated heterocycles. The molecule has 0 amide bonds. The molecule has 1 aromatic rings. The molecule has 3 N–H and O–H groups in total. The van der Waals surface area contributed by atoms with Crippen molar-refractivity contribution in [3.63, 3.8) is 0 Å². The van der Waals surface area contributed by atoms with E-state index in [-0.39, 0.29) is 5.56 Å². The molecule has 0 radical (unpaired) electrons. The third-order valence-corrected chi connectivity index (χ3v) is 1.46. The van der Waals surface area contributed by atoms with Gasteiger partial charge in [-0.2, -0.15) is 4.39 Å². The number of nitro benzene ring substituents is 1. The third-order valence-electron chi connectivity index (χ3n) is 1.46. The summed E-state index contributed by atoms with van der Waals surface area (Å²) in [6.07, 6.45) is 0. The van der Waals surface area contributed by atoms with E-state index in [9.17, 15) is 14.5 Å². The van der Waals surface area contributed by atoms with Crippen molar-refractivity contribution >= 4 is 11.5 Å². The molecule has 0 spiro atoms. The van der Waals surface area contributed by atoms with Gasteiger partial charge < -0.3 is 5.73 Å². The lowest BCUT2D eigenvalue weighted by molar-refractivity contribution is -0.387. The van der Waals surface area contributed by atoms with Crippen molar-refractivity contribution in [3.05, 3.63) is 39.7 Å². The fraction of sp³-hybridized carbons (Fsp3) is 0. The number of benzene rings is 1. The monoisotopic (exact) mass is 183 g/mol. The lowest BCUT2D eigenvalue weighted by Crippen LogP contribution is -2.14. The van der Waals surface area contributed by atoms with Gasteiger partial charge in [-0.05, 0) is 12.1 Å². The fourth-order valence-corrected chi connectivity index (χ4v) is 0.918. The van der Waals surface area contributed by atoms with Gasteiger partial charge in [0.05, 0.1) is 10.5 Å². The summed E-state index contributed by atoms with van der Waals surface area (Å²) in [5.41, 5.74) is 4.08. The maximum atomic E-state index is 12.9. The van der Waals surface area contributed by atoms with E-state index in [0.29, 0.717) is 0 Å². The maximum Gasteiger partial charge on any atom is 0.315 e. The second-order valence-electron chi connectivity index (χ2n) is 2.31. The zero-order valence-electron chi connectivity index (χ0n) is 6.45. The van der Waals surface area contributed by atoms with Gasteiger partial charge >= 0.3 is 5.69 Å². The van der Waals surface area contributed by atoms with Gasteiger partial charge in [0.25, 0.3) is 0 Å². The first kappa shape index (κ1) is 9.11. The Morgan fingerprint density at radius 2 is 2.23 bits per heavy atom. The highest BCUT2D eigenvalue weighted by molar-refractivity contribution is 5.98. The molecule has 0 aromatic heterocycles. The first-order valence-corrected chi connectivity index (χ1v) is 3.31. The molecule has 0 heterocycles. The van der Waals surface area contributed by atoms with Gasteiger partial charge in [-0.15, -0.1) is 0 Å². The molecule has 6 heteroatoms. The molecule has 1 aromatic carbocycles. The molecule has 0 fully saturated rings. The molecular weight excluding hydrogens is 177 g/mol. The first-order chi connectivity index (χ1) is 6.04. The lowest BCUT2D eigenvalue weighted by atomic mass is 10.1. The smallest absolute Gasteiger partial charge is 0.315 e. The summed E-state index contributed by atoms with van der Waals surface area (Å²) in [5.74, 6) is -1.51. The number of amidine groups is 1. The minimum Gasteiger partial charge on any atom is -0.383 e. The van der Waals surface area contributed by atoms with Crippen molar-refractivity contribution in [3.8, 4) is 0 Å². The summed E-state index contributed by atoms with van der Waals surface area (Å²) in [7, 11) is 0. The highest BCUT2D eigenvalue weighted by Crippen LogP contribution is 2.21. The van der Waals surface area contributed by atoms with E-state index < -0.39 is 22.3 Å². The Morgan fingerprint density at radius 1 is 1.62 bits per heavy atom. The van der Waals surface area contributed by atoms with Gasteiger partial charge in [0.1, 0.15) is 5.84 Å². The second kappa shape index (κ2) is 3.18. The van der Waals surface area contributed by atoms with Crippen LogP contribution in [0, 0.1) is 21.3 Å². The summed E-state index contributed by atoms with van der Waals surface area (Å²) in [4.78, 5) is 9.46. The highest BCUT2D eigenvalue weighted by atomic mass is 19.1. The molecule has 0 aliphatic carbocycles. The van der Waals surface area contributed by atoms with E-state index in [1.807, 2.05) is 0 Å². The molecule has 13 heavy (non-hydrogen) atoms. The number of hydrogen-bond donors (Lipinski definition) is 2. The number of para-hydroxylation sites is 1. The molecule has 0 saturated carbocycles. The minimum absolute atomic E-state index is 0.204. The van der Waals surface area contributed by atoms with Crippen LogP contribution < -0.4 is 5.73 Å². The van der Waals surface area contributed by atoms with E-state index in [0.717, 1.165) is 6.07 Å². The van der Waals surface area contributed by atoms with Crippen LogP contribution >= 0.6 is 0 Å². The zero-order valence-corrected chi connectivity index (χ0v) is 6.45. The maximum absolute atomic E-state index is 12.9. The van der Waals surface area contributed by atoms with Gasteiger partial charge in [0.15, 0.2) is 0 Å². The van der Waals surface area contributed by atoms with Crippen LogP contribution in [-0.4, -0.2) is 10.8 Å². The van der Waals surface area contributed by atoms with Crippen LogP contribution in [0.15, 0.2) is 18.2 Å². The second-order valence-corrected chi connectivity index (χ2v) is 2.31. The average molecular weight is 183 g/mol. The van der Waals surface area contributed by atoms with Crippen molar-refractivity contribution in [2.24, 2.45) is 5.73 Å². The Kier molecular flexibility index (Phi) is 2.23. The Hall–Kier alpha value is -1.98. The molecule has 0 unspecified atom stereocenters. The zero-order chi connectivity index (χ0) is 10.0. The van der Waals surface area contributed by atoms with Crippen LogP contribution in [0.5, 0.6) is 0 Å². The highest BCUT2D eigenvalue weighted by Gasteiger charge is 2.20. The van der Waals surface area contributed by atoms with E-state index >= 15 is 0 Å². The van der Waals surface area contributed by atoms with Gasteiger partial charge in [-0.25, -0.2) is 0 Å². The summed E-state index contributed by atoms with van der Waals surface area (Å²) in [6.45, 7) is 0. The Labute approximate surface area is 72.6 Å². The van der Waals surface area contributed by atoms with Crippen LogP contribution in [0.3, 0.4) is 0 Å². The summed E-state index contributed by atoms with van der Waals surface area (Å²) in [6, 6.07) is 3.44. The molecular formula is C7H6FN3O2. The molecule has 0 aliphatic rings. The Morgan fingerprint density at radius 3 is 2.62 bits per heavy atom. The average Bonchev–Trinajstić information content (AvgIpc) is 2.02. The first-order valence-electron chi connectivity index (χ1n) is 3.31. The summed E-state index contributed by atoms with van der Waals surface area (Å²) in [5, 5.41) is 17.3. The quantitative estimate of drug-likeness (QED) is 0.310. The van der Waals surface area contributed by atoms with Crippen LogP contribution in [0.25, 0.3) is 0 Å². The van der Waals surface area contributed by atoms with E-state index in [1.54, 1.807) is 0 Å². The number of rotatable bonds is 2. The number of nitrogens with zero attached hydrogens (tertiary/aromatic N) is 1. The van der Waals surface area contributed by atoms with Crippen molar-refractivity contribution in [2.45, 2.75) is 0 Å². The van der Waals surface area contributed by atoms with Crippen molar-refractivity contribution < 1.29 is 9.31 Å². The van der Waals surface area contributed by atoms with Crippen LogP contribution in [0.1, 0.15) is 5.56 Å². The molecule has 0 aliphatic heterocycles. The fourth-order valence-electron chi connectivity index (χ4n) is 0.918. The topological polar surface area (TPSA) is 93.0 Å². The van der Waals surface area contributed by atoms with Crippen molar-refractivity contribution in [1.29, 1.82) is 5.41 Å². The lowest BCUT2D eigenvalue weighted by Gasteiger charge is -2.00. The third kappa shape index (κ3) is 1.61. The van der Waals surface area contributed by atoms with Gasteiger partial charge in [-0.3, -0.25) is 15.5 Å². The molecule has 1 rings (SSSR count). The van der Waals surface area contributed by atoms with Crippen LogP contribution in [-0.2, 0) is 0 Å². The van der Waals surface area contributed by atoms with Crippen molar-refractivity contribution in [1.82, 2.24) is 0 Å². The molecule has 5 nitrogen and oxygen atoms in total. The van der Waals surface area contributed by atoms with E-state index in [2.05, 4.69) is 0 Å². The largest absolute Gasteiger partial charge is 0.383 e. The van der Waals surface area contributed by atoms with Gasteiger partial charge in [0.2, 0.25) is 5.82 Å². The van der Waals surface area contributed by atoms with Crippen molar-refractivity contribution in [2.75, 3.05) is 0 Å². The molecule has 0 atom stereocenters. The summed E-state index contributed by atoms with van der Waals surface area (Å²) < 4.78 is 12.9. The standard InChI is InChI=1S/C7H6FN3O2/c8-5-3-1-2-4(7(9)10)6(5)11(12)13/h1-3H,(H3,9,10). The number of nitrogens with one attached hydrogen (secondary N) is 1. The predicted octanol–water partition coefficient (Wildman–Crippen LogP) is 1.02. The Balaban J connectivity index is 3.43. The van der Waals surface area contributed by atoms with Crippen LogP contribution in [0.2, 0.25) is 0 Å². The number of hydrogen-bond acceptors (Lipinski definition) is 3. The molecule has 0 bridgehead atoms. The number of nitrogen functional groups attached to an aromatic ring is 1. The number of halogens is 1. The van der Waals surface area contributed by atoms with E-state index in [1.165, 1.54) is 12.1 Å². The number of nitro groups is 1. The minimum atomic E-state index is -0.988. The SMILES string of the molecule is N=C(N)c1cccc(F)c1[N+](=O)[O-]. The molecule has 68 valence electrons. The normalized spacial score (nSPS) is 9.62. The van der Waals surface area contributed by atoms with Gasteiger partial charge in [-0.1, -0.05) is 6.07 Å². The Bertz CT molecular complexity index is 378. The number of nitrogens with two attached hydrogens (primary N) is 1.